The van der Waals surface area contributed by atoms with E-state index in [9.17, 15) is 19.7 Å². The summed E-state index contributed by atoms with van der Waals surface area (Å²) in [6.45, 7) is 0. The molecule has 0 aromatic heterocycles. The van der Waals surface area contributed by atoms with Gasteiger partial charge >= 0.3 is 0 Å². The summed E-state index contributed by atoms with van der Waals surface area (Å²) >= 11 is 11.7. The second kappa shape index (κ2) is 9.65. The van der Waals surface area contributed by atoms with E-state index in [0.717, 1.165) is 0 Å². The Morgan fingerprint density at radius 3 is 2.56 bits per heavy atom. The average Bonchev–Trinajstić information content (AvgIpc) is 2.62. The molecule has 2 aromatic carbocycles. The third-order valence-corrected chi connectivity index (χ3v) is 3.82. The second-order valence-corrected chi connectivity index (χ2v) is 6.16. The molecule has 0 bridgehead atoms. The molecular weight excluding hydrogens is 395 g/mol. The molecule has 10 heteroatoms. The zero-order chi connectivity index (χ0) is 19.8. The number of amides is 2. The molecule has 0 aliphatic heterocycles. The zero-order valence-electron chi connectivity index (χ0n) is 13.8. The van der Waals surface area contributed by atoms with Gasteiger partial charge in [-0.3, -0.25) is 19.7 Å². The van der Waals surface area contributed by atoms with E-state index in [-0.39, 0.29) is 18.5 Å². The molecule has 0 spiro atoms. The number of anilines is 1. The van der Waals surface area contributed by atoms with Crippen LogP contribution in [0.5, 0.6) is 0 Å². The van der Waals surface area contributed by atoms with Crippen LogP contribution in [0, 0.1) is 10.1 Å². The molecule has 0 saturated carbocycles. The van der Waals surface area contributed by atoms with E-state index >= 15 is 0 Å². The number of carbonyl (C=O) groups is 2. The Morgan fingerprint density at radius 2 is 1.85 bits per heavy atom. The average molecular weight is 409 g/mol. The zero-order valence-corrected chi connectivity index (χ0v) is 15.3. The first-order chi connectivity index (χ1) is 12.8. The first-order valence-corrected chi connectivity index (χ1v) is 8.42. The standard InChI is InChI=1S/C17H14Cl2N4O4/c18-12-4-5-15(14(19)9-12)21-16(24)6-7-17(25)22-20-10-11-2-1-3-13(8-11)23(26)27/h1-5,8-10H,6-7H2,(H,21,24)(H,22,25)/b20-10+. The van der Waals surface area contributed by atoms with Gasteiger partial charge in [0.25, 0.3) is 5.69 Å². The number of halogens is 2. The lowest BCUT2D eigenvalue weighted by Gasteiger charge is -2.07. The Morgan fingerprint density at radius 1 is 1.11 bits per heavy atom. The van der Waals surface area contributed by atoms with Crippen LogP contribution >= 0.6 is 23.2 Å². The third-order valence-electron chi connectivity index (χ3n) is 3.27. The number of nitro groups is 1. The Labute approximate surface area is 164 Å². The largest absolute Gasteiger partial charge is 0.325 e. The van der Waals surface area contributed by atoms with Gasteiger partial charge in [0.15, 0.2) is 0 Å². The van der Waals surface area contributed by atoms with Gasteiger partial charge in [-0.25, -0.2) is 5.43 Å². The molecule has 0 aliphatic carbocycles. The summed E-state index contributed by atoms with van der Waals surface area (Å²) in [4.78, 5) is 33.8. The van der Waals surface area contributed by atoms with Crippen LogP contribution in [0.3, 0.4) is 0 Å². The van der Waals surface area contributed by atoms with Crippen molar-refractivity contribution in [1.82, 2.24) is 5.43 Å². The van der Waals surface area contributed by atoms with Crippen molar-refractivity contribution in [2.75, 3.05) is 5.32 Å². The van der Waals surface area contributed by atoms with Crippen molar-refractivity contribution in [2.45, 2.75) is 12.8 Å². The predicted octanol–water partition coefficient (Wildman–Crippen LogP) is 3.77. The number of hydrogen-bond donors (Lipinski definition) is 2. The number of nitro benzene ring substituents is 1. The molecule has 0 fully saturated rings. The summed E-state index contributed by atoms with van der Waals surface area (Å²) in [6, 6.07) is 10.4. The molecule has 2 N–H and O–H groups in total. The quantitative estimate of drug-likeness (QED) is 0.412. The van der Waals surface area contributed by atoms with E-state index < -0.39 is 16.7 Å². The lowest BCUT2D eigenvalue weighted by Crippen LogP contribution is -2.20. The van der Waals surface area contributed by atoms with E-state index in [4.69, 9.17) is 23.2 Å². The molecule has 0 heterocycles. The summed E-state index contributed by atoms with van der Waals surface area (Å²) in [5, 5.41) is 17.7. The highest BCUT2D eigenvalue weighted by molar-refractivity contribution is 6.36. The van der Waals surface area contributed by atoms with Gasteiger partial charge in [-0.2, -0.15) is 5.10 Å². The highest BCUT2D eigenvalue weighted by atomic mass is 35.5. The molecule has 140 valence electrons. The van der Waals surface area contributed by atoms with Crippen LogP contribution in [0.4, 0.5) is 11.4 Å². The molecule has 2 aromatic rings. The lowest BCUT2D eigenvalue weighted by atomic mass is 10.2. The Balaban J connectivity index is 1.79. The highest BCUT2D eigenvalue weighted by Crippen LogP contribution is 2.25. The number of hydrogen-bond acceptors (Lipinski definition) is 5. The van der Waals surface area contributed by atoms with Crippen molar-refractivity contribution in [1.29, 1.82) is 0 Å². The van der Waals surface area contributed by atoms with Gasteiger partial charge in [-0.15, -0.1) is 0 Å². The molecule has 0 saturated heterocycles. The summed E-state index contributed by atoms with van der Waals surface area (Å²) in [7, 11) is 0. The molecule has 0 atom stereocenters. The van der Waals surface area contributed by atoms with Gasteiger partial charge in [-0.05, 0) is 18.2 Å². The van der Waals surface area contributed by atoms with E-state index in [2.05, 4.69) is 15.8 Å². The monoisotopic (exact) mass is 408 g/mol. The minimum Gasteiger partial charge on any atom is -0.325 e. The van der Waals surface area contributed by atoms with Crippen LogP contribution in [-0.2, 0) is 9.59 Å². The van der Waals surface area contributed by atoms with Crippen molar-refractivity contribution in [2.24, 2.45) is 5.10 Å². The highest BCUT2D eigenvalue weighted by Gasteiger charge is 2.09. The number of benzene rings is 2. The van der Waals surface area contributed by atoms with Gasteiger partial charge in [0, 0.05) is 35.6 Å². The Hall–Kier alpha value is -2.97. The smallest absolute Gasteiger partial charge is 0.270 e. The first kappa shape index (κ1) is 20.3. The maximum absolute atomic E-state index is 11.9. The molecule has 8 nitrogen and oxygen atoms in total. The number of nitrogens with zero attached hydrogens (tertiary/aromatic N) is 2. The normalized spacial score (nSPS) is 10.6. The SMILES string of the molecule is O=C(CCC(=O)Nc1ccc(Cl)cc1Cl)N/N=C/c1cccc([N+](=O)[O-])c1. The summed E-state index contributed by atoms with van der Waals surface area (Å²) in [6.07, 6.45) is 1.11. The van der Waals surface area contributed by atoms with Gasteiger partial charge in [0.1, 0.15) is 0 Å². The van der Waals surface area contributed by atoms with Gasteiger partial charge < -0.3 is 5.32 Å². The lowest BCUT2D eigenvalue weighted by molar-refractivity contribution is -0.384. The summed E-state index contributed by atoms with van der Waals surface area (Å²) < 4.78 is 0. The maximum Gasteiger partial charge on any atom is 0.270 e. The van der Waals surface area contributed by atoms with E-state index in [1.807, 2.05) is 0 Å². The number of carbonyl (C=O) groups excluding carboxylic acids is 2. The van der Waals surface area contributed by atoms with Crippen molar-refractivity contribution in [3.8, 4) is 0 Å². The second-order valence-electron chi connectivity index (χ2n) is 5.32. The number of hydrazone groups is 1. The summed E-state index contributed by atoms with van der Waals surface area (Å²) in [5.41, 5.74) is 3.03. The van der Waals surface area contributed by atoms with Crippen molar-refractivity contribution in [3.63, 3.8) is 0 Å². The molecule has 2 amide bonds. The fourth-order valence-electron chi connectivity index (χ4n) is 1.98. The fraction of sp³-hybridized carbons (Fsp3) is 0.118. The number of rotatable bonds is 7. The van der Waals surface area contributed by atoms with Gasteiger partial charge in [-0.1, -0.05) is 35.3 Å². The molecular formula is C17H14Cl2N4O4. The summed E-state index contributed by atoms with van der Waals surface area (Å²) in [5.74, 6) is -0.869. The minimum atomic E-state index is -0.526. The van der Waals surface area contributed by atoms with Crippen LogP contribution in [0.15, 0.2) is 47.6 Å². The van der Waals surface area contributed by atoms with Gasteiger partial charge in [0.05, 0.1) is 21.8 Å². The van der Waals surface area contributed by atoms with Crippen molar-refractivity contribution < 1.29 is 14.5 Å². The van der Waals surface area contributed by atoms with Crippen molar-refractivity contribution in [3.05, 3.63) is 68.2 Å². The fourth-order valence-corrected chi connectivity index (χ4v) is 2.44. The topological polar surface area (TPSA) is 114 Å². The molecule has 0 radical (unpaired) electrons. The van der Waals surface area contributed by atoms with Crippen LogP contribution in [-0.4, -0.2) is 23.0 Å². The van der Waals surface area contributed by atoms with E-state index in [0.29, 0.717) is 21.3 Å². The Kier molecular flexibility index (Phi) is 7.27. The van der Waals surface area contributed by atoms with Crippen LogP contribution in [0.25, 0.3) is 0 Å². The number of non-ortho nitro benzene ring substituents is 1. The molecule has 0 aliphatic rings. The number of nitrogens with one attached hydrogen (secondary N) is 2. The van der Waals surface area contributed by atoms with Crippen LogP contribution < -0.4 is 10.7 Å². The maximum atomic E-state index is 11.9. The minimum absolute atomic E-state index is 0.0723. The first-order valence-electron chi connectivity index (χ1n) is 7.66. The van der Waals surface area contributed by atoms with Gasteiger partial charge in [0.2, 0.25) is 11.8 Å². The van der Waals surface area contributed by atoms with E-state index in [1.165, 1.54) is 30.5 Å². The predicted molar refractivity (Wildman–Crippen MR) is 103 cm³/mol. The van der Waals surface area contributed by atoms with Crippen LogP contribution in [0.1, 0.15) is 18.4 Å². The molecule has 2 rings (SSSR count). The third kappa shape index (κ3) is 6.69. The van der Waals surface area contributed by atoms with E-state index in [1.54, 1.807) is 18.2 Å². The Bertz CT molecular complexity index is 902. The van der Waals surface area contributed by atoms with Crippen molar-refractivity contribution >= 4 is 52.6 Å². The molecule has 27 heavy (non-hydrogen) atoms. The molecule has 0 unspecified atom stereocenters. The van der Waals surface area contributed by atoms with Crippen LogP contribution in [0.2, 0.25) is 10.0 Å².